The summed E-state index contributed by atoms with van der Waals surface area (Å²) in [5.41, 5.74) is 1.89. The molecule has 0 aromatic carbocycles. The van der Waals surface area contributed by atoms with Crippen LogP contribution >= 0.6 is 0 Å². The van der Waals surface area contributed by atoms with Gasteiger partial charge in [0, 0.05) is 0 Å². The molecule has 9 nitrogen and oxygen atoms in total. The Bertz CT molecular complexity index is 752. The van der Waals surface area contributed by atoms with Gasteiger partial charge in [-0.15, -0.1) is 13.2 Å². The van der Waals surface area contributed by atoms with E-state index in [0.29, 0.717) is 32.5 Å². The topological polar surface area (TPSA) is 130 Å². The number of carbonyl (C=O) groups is 4. The minimum atomic E-state index is -3.26. The average Bonchev–Trinajstić information content (AvgIpc) is 2.60. The van der Waals surface area contributed by atoms with Crippen molar-refractivity contribution in [3.8, 4) is 0 Å². The lowest BCUT2D eigenvalue weighted by molar-refractivity contribution is -0.151. The maximum absolute atomic E-state index is 11.3. The Kier molecular flexibility index (Phi) is 21.7. The standard InChI is InChI=1S/C11H18O3.C6H12O3S.C6H10O3/c1-5-14-11(13)10(9(4)12)7-6-8(2)3;1-6(2)4-5-9-10(3,7)8;1-3-9-6(8)4-5(2)7/h10H,2,5-7H2,1,3-4H3;1,4-5H2,2-3H3;3-4H2,1-2H3. The second kappa shape index (κ2) is 20.3. The fourth-order valence-electron chi connectivity index (χ4n) is 1.90. The van der Waals surface area contributed by atoms with Gasteiger partial charge in [0.15, 0.2) is 0 Å². The van der Waals surface area contributed by atoms with Crippen molar-refractivity contribution in [3.63, 3.8) is 0 Å². The molecule has 0 radical (unpaired) electrons. The van der Waals surface area contributed by atoms with Gasteiger partial charge >= 0.3 is 11.9 Å². The Morgan fingerprint density at radius 2 is 1.33 bits per heavy atom. The molecule has 1 atom stereocenters. The van der Waals surface area contributed by atoms with E-state index in [1.807, 2.05) is 13.8 Å². The van der Waals surface area contributed by atoms with E-state index in [4.69, 9.17) is 4.74 Å². The molecule has 0 aromatic rings. The molecule has 0 heterocycles. The van der Waals surface area contributed by atoms with Crippen LogP contribution in [0.3, 0.4) is 0 Å². The van der Waals surface area contributed by atoms with Crippen LogP contribution in [0.15, 0.2) is 24.3 Å². The average molecular weight is 493 g/mol. The second-order valence-electron chi connectivity index (χ2n) is 7.33. The van der Waals surface area contributed by atoms with Crippen molar-refractivity contribution in [2.75, 3.05) is 26.1 Å². The molecule has 0 aromatic heterocycles. The summed E-state index contributed by atoms with van der Waals surface area (Å²) in [4.78, 5) is 43.1. The van der Waals surface area contributed by atoms with Crippen molar-refractivity contribution < 1.29 is 41.3 Å². The lowest BCUT2D eigenvalue weighted by Gasteiger charge is -2.11. The van der Waals surface area contributed by atoms with E-state index in [1.165, 1.54) is 13.8 Å². The summed E-state index contributed by atoms with van der Waals surface area (Å²) in [6, 6.07) is 0. The van der Waals surface area contributed by atoms with E-state index in [9.17, 15) is 27.6 Å². The zero-order valence-corrected chi connectivity index (χ0v) is 21.8. The Morgan fingerprint density at radius 1 is 0.848 bits per heavy atom. The van der Waals surface area contributed by atoms with Crippen LogP contribution in [-0.2, 0) is 43.0 Å². The molecule has 1 unspecified atom stereocenters. The molecule has 0 N–H and O–H groups in total. The fraction of sp³-hybridized carbons (Fsp3) is 0.652. The highest BCUT2D eigenvalue weighted by Crippen LogP contribution is 2.13. The van der Waals surface area contributed by atoms with Gasteiger partial charge in [-0.1, -0.05) is 11.1 Å². The summed E-state index contributed by atoms with van der Waals surface area (Å²) in [6.07, 6.45) is 2.71. The first-order valence-electron chi connectivity index (χ1n) is 10.5. The van der Waals surface area contributed by atoms with Gasteiger partial charge in [-0.2, -0.15) is 8.42 Å². The first-order valence-corrected chi connectivity index (χ1v) is 12.3. The number of ether oxygens (including phenoxy) is 2. The minimum Gasteiger partial charge on any atom is -0.466 e. The number of carbonyl (C=O) groups excluding carboxylic acids is 4. The Morgan fingerprint density at radius 3 is 1.67 bits per heavy atom. The van der Waals surface area contributed by atoms with Crippen molar-refractivity contribution in [2.24, 2.45) is 5.92 Å². The van der Waals surface area contributed by atoms with E-state index >= 15 is 0 Å². The van der Waals surface area contributed by atoms with Crippen molar-refractivity contribution in [2.45, 2.75) is 67.2 Å². The zero-order valence-electron chi connectivity index (χ0n) is 21.0. The predicted molar refractivity (Wildman–Crippen MR) is 127 cm³/mol. The molecular formula is C23H40O9S. The fourth-order valence-corrected chi connectivity index (χ4v) is 2.29. The van der Waals surface area contributed by atoms with E-state index in [-0.39, 0.29) is 24.6 Å². The third kappa shape index (κ3) is 29.7. The molecule has 0 saturated heterocycles. The first kappa shape index (κ1) is 35.3. The SMILES string of the molecule is C=C(C)CCC(C(C)=O)C(=O)OCC.C=C(C)CCOS(C)(=O)=O.CCOC(=O)CC(C)=O. The Hall–Kier alpha value is -2.33. The van der Waals surface area contributed by atoms with Crippen molar-refractivity contribution in [1.29, 1.82) is 0 Å². The van der Waals surface area contributed by atoms with Crippen LogP contribution in [0.2, 0.25) is 0 Å². The lowest BCUT2D eigenvalue weighted by Crippen LogP contribution is -2.24. The van der Waals surface area contributed by atoms with Crippen LogP contribution in [0.4, 0.5) is 0 Å². The van der Waals surface area contributed by atoms with Crippen molar-refractivity contribution >= 4 is 33.6 Å². The number of ketones is 2. The summed E-state index contributed by atoms with van der Waals surface area (Å²) < 4.78 is 34.5. The van der Waals surface area contributed by atoms with E-state index in [0.717, 1.165) is 17.4 Å². The summed E-state index contributed by atoms with van der Waals surface area (Å²) in [7, 11) is -3.26. The van der Waals surface area contributed by atoms with Crippen LogP contribution in [0.5, 0.6) is 0 Å². The molecule has 0 aliphatic carbocycles. The predicted octanol–water partition coefficient (Wildman–Crippen LogP) is 3.57. The molecule has 0 amide bonds. The second-order valence-corrected chi connectivity index (χ2v) is 8.97. The maximum atomic E-state index is 11.3. The van der Waals surface area contributed by atoms with Gasteiger partial charge < -0.3 is 9.47 Å². The number of rotatable bonds is 13. The lowest BCUT2D eigenvalue weighted by atomic mass is 9.97. The van der Waals surface area contributed by atoms with Gasteiger partial charge in [0.2, 0.25) is 0 Å². The summed E-state index contributed by atoms with van der Waals surface area (Å²) >= 11 is 0. The van der Waals surface area contributed by atoms with E-state index in [2.05, 4.69) is 22.1 Å². The molecular weight excluding hydrogens is 452 g/mol. The third-order valence-corrected chi connectivity index (χ3v) is 4.04. The third-order valence-electron chi connectivity index (χ3n) is 3.45. The molecule has 0 rings (SSSR count). The molecule has 0 aliphatic heterocycles. The molecule has 10 heteroatoms. The van der Waals surface area contributed by atoms with Crippen LogP contribution in [0.25, 0.3) is 0 Å². The smallest absolute Gasteiger partial charge is 0.316 e. The summed E-state index contributed by atoms with van der Waals surface area (Å²) in [5, 5.41) is 0. The van der Waals surface area contributed by atoms with Crippen molar-refractivity contribution in [3.05, 3.63) is 24.3 Å². The van der Waals surface area contributed by atoms with Crippen molar-refractivity contribution in [1.82, 2.24) is 0 Å². The van der Waals surface area contributed by atoms with Gasteiger partial charge in [-0.25, -0.2) is 0 Å². The summed E-state index contributed by atoms with van der Waals surface area (Å²) in [6.45, 7) is 18.1. The van der Waals surface area contributed by atoms with Gasteiger partial charge in [0.1, 0.15) is 23.9 Å². The number of hydrogen-bond donors (Lipinski definition) is 0. The molecule has 0 spiro atoms. The number of hydrogen-bond acceptors (Lipinski definition) is 9. The largest absolute Gasteiger partial charge is 0.466 e. The number of Topliss-reactive ketones (excluding diaryl/α,β-unsaturated/α-hetero) is 2. The molecule has 0 bridgehead atoms. The van der Waals surface area contributed by atoms with Crippen LogP contribution in [-0.4, -0.2) is 58.0 Å². The first-order chi connectivity index (χ1) is 15.1. The van der Waals surface area contributed by atoms with Crippen LogP contribution < -0.4 is 0 Å². The van der Waals surface area contributed by atoms with E-state index in [1.54, 1.807) is 13.8 Å². The minimum absolute atomic E-state index is 0.103. The monoisotopic (exact) mass is 492 g/mol. The highest BCUT2D eigenvalue weighted by molar-refractivity contribution is 7.85. The van der Waals surface area contributed by atoms with Gasteiger partial charge in [-0.05, 0) is 60.8 Å². The molecule has 0 fully saturated rings. The summed E-state index contributed by atoms with van der Waals surface area (Å²) in [5.74, 6) is -1.77. The molecule has 0 saturated carbocycles. The molecule has 192 valence electrons. The molecule has 0 aliphatic rings. The van der Waals surface area contributed by atoms with Crippen LogP contribution in [0.1, 0.15) is 67.2 Å². The van der Waals surface area contributed by atoms with E-state index < -0.39 is 28.0 Å². The maximum Gasteiger partial charge on any atom is 0.316 e. The molecule has 33 heavy (non-hydrogen) atoms. The highest BCUT2D eigenvalue weighted by atomic mass is 32.2. The van der Waals surface area contributed by atoms with Gasteiger partial charge in [-0.3, -0.25) is 23.4 Å². The Balaban J connectivity index is -0.000000423. The van der Waals surface area contributed by atoms with Gasteiger partial charge in [0.05, 0.1) is 26.1 Å². The zero-order chi connectivity index (χ0) is 26.6. The number of esters is 2. The number of allylic oxidation sites excluding steroid dienone is 1. The quantitative estimate of drug-likeness (QED) is 0.164. The highest BCUT2D eigenvalue weighted by Gasteiger charge is 2.23. The van der Waals surface area contributed by atoms with Gasteiger partial charge in [0.25, 0.3) is 10.1 Å². The van der Waals surface area contributed by atoms with Crippen LogP contribution in [0, 0.1) is 5.92 Å². The Labute approximate surface area is 198 Å². The normalized spacial score (nSPS) is 10.9.